The second kappa shape index (κ2) is 7.49. The van der Waals surface area contributed by atoms with Gasteiger partial charge in [-0.25, -0.2) is 0 Å². The first-order valence-electron chi connectivity index (χ1n) is 7.51. The van der Waals surface area contributed by atoms with Crippen LogP contribution in [0, 0.1) is 11.8 Å². The molecule has 1 aromatic carbocycles. The number of nitrogens with one attached hydrogen (secondary N) is 2. The van der Waals surface area contributed by atoms with Gasteiger partial charge in [0.1, 0.15) is 0 Å². The van der Waals surface area contributed by atoms with Crippen LogP contribution < -0.4 is 16.0 Å². The molecule has 1 aliphatic rings. The molecule has 2 atom stereocenters. The highest BCUT2D eigenvalue weighted by Gasteiger charge is 2.33. The molecule has 24 heavy (non-hydrogen) atoms. The zero-order valence-corrected chi connectivity index (χ0v) is 14.1. The number of allylic oxidation sites excluding steroid dienone is 2. The Labute approximate surface area is 144 Å². The largest absolute Gasteiger partial charge is 0.550 e. The van der Waals surface area contributed by atoms with E-state index in [0.717, 1.165) is 11.1 Å². The van der Waals surface area contributed by atoms with E-state index in [1.54, 1.807) is 18.2 Å². The number of benzene rings is 1. The van der Waals surface area contributed by atoms with E-state index in [4.69, 9.17) is 11.6 Å². The fourth-order valence-corrected chi connectivity index (χ4v) is 2.92. The number of carbonyl (C=O) groups excluding carboxylic acids is 3. The van der Waals surface area contributed by atoms with Crippen LogP contribution in [-0.4, -0.2) is 17.8 Å². The molecular formula is C17H18ClN2O4-. The highest BCUT2D eigenvalue weighted by Crippen LogP contribution is 2.33. The molecule has 2 amide bonds. The summed E-state index contributed by atoms with van der Waals surface area (Å²) in [7, 11) is 0. The average Bonchev–Trinajstić information content (AvgIpc) is 2.54. The fraction of sp³-hybridized carbons (Fsp3) is 0.353. The highest BCUT2D eigenvalue weighted by molar-refractivity contribution is 6.30. The SMILES string of the molecule is CC1=C(C)C[C@@H](C(=O)NNC(=O)c2cccc(Cl)c2)[C@@H](C(=O)[O-])C1. The number of hydrogen-bond donors (Lipinski definition) is 2. The van der Waals surface area contributed by atoms with Crippen LogP contribution >= 0.6 is 11.6 Å². The number of carboxylic acids is 1. The van der Waals surface area contributed by atoms with Gasteiger partial charge in [-0.2, -0.15) is 0 Å². The Hall–Kier alpha value is -2.34. The number of carbonyl (C=O) groups is 3. The lowest BCUT2D eigenvalue weighted by molar-refractivity contribution is -0.313. The van der Waals surface area contributed by atoms with Gasteiger partial charge in [0.25, 0.3) is 5.91 Å². The lowest BCUT2D eigenvalue weighted by atomic mass is 9.76. The fourth-order valence-electron chi connectivity index (χ4n) is 2.73. The average molecular weight is 350 g/mol. The van der Waals surface area contributed by atoms with Crippen LogP contribution in [0.4, 0.5) is 0 Å². The predicted molar refractivity (Wildman–Crippen MR) is 86.7 cm³/mol. The number of halogens is 1. The summed E-state index contributed by atoms with van der Waals surface area (Å²) in [5.41, 5.74) is 6.80. The Bertz CT molecular complexity index is 714. The summed E-state index contributed by atoms with van der Waals surface area (Å²) in [6, 6.07) is 6.25. The maximum atomic E-state index is 12.3. The highest BCUT2D eigenvalue weighted by atomic mass is 35.5. The van der Waals surface area contributed by atoms with Crippen LogP contribution in [0.1, 0.15) is 37.0 Å². The van der Waals surface area contributed by atoms with E-state index in [-0.39, 0.29) is 12.0 Å². The van der Waals surface area contributed by atoms with Crippen molar-refractivity contribution in [2.75, 3.05) is 0 Å². The van der Waals surface area contributed by atoms with Crippen LogP contribution in [0.15, 0.2) is 35.4 Å². The Morgan fingerprint density at radius 2 is 1.71 bits per heavy atom. The molecule has 0 saturated carbocycles. The summed E-state index contributed by atoms with van der Waals surface area (Å²) in [6.45, 7) is 3.71. The van der Waals surface area contributed by atoms with Gasteiger partial charge in [0, 0.05) is 22.5 Å². The van der Waals surface area contributed by atoms with Gasteiger partial charge in [-0.05, 0) is 44.9 Å². The first-order valence-corrected chi connectivity index (χ1v) is 7.89. The summed E-state index contributed by atoms with van der Waals surface area (Å²) < 4.78 is 0. The quantitative estimate of drug-likeness (QED) is 0.633. The molecule has 6 nitrogen and oxygen atoms in total. The minimum atomic E-state index is -1.26. The molecule has 0 saturated heterocycles. The molecule has 0 heterocycles. The minimum absolute atomic E-state index is 0.272. The van der Waals surface area contributed by atoms with Crippen LogP contribution in [-0.2, 0) is 9.59 Å². The van der Waals surface area contributed by atoms with Gasteiger partial charge in [-0.15, -0.1) is 0 Å². The number of amides is 2. The normalized spacial score (nSPS) is 20.5. The molecular weight excluding hydrogens is 332 g/mol. The van der Waals surface area contributed by atoms with Gasteiger partial charge in [0.05, 0.1) is 5.92 Å². The molecule has 7 heteroatoms. The molecule has 1 aliphatic carbocycles. The standard InChI is InChI=1S/C17H19ClN2O4/c1-9-6-13(14(17(23)24)7-10(9)2)16(22)20-19-15(21)11-4-3-5-12(18)8-11/h3-5,8,13-14H,6-7H2,1-2H3,(H,19,21)(H,20,22)(H,23,24)/p-1/t13-,14+/m1/s1. The molecule has 0 fully saturated rings. The van der Waals surface area contributed by atoms with Gasteiger partial charge in [0.15, 0.2) is 0 Å². The zero-order chi connectivity index (χ0) is 17.9. The Morgan fingerprint density at radius 3 is 2.29 bits per heavy atom. The molecule has 0 unspecified atom stereocenters. The topological polar surface area (TPSA) is 98.3 Å². The molecule has 0 radical (unpaired) electrons. The molecule has 1 aromatic rings. The Kier molecular flexibility index (Phi) is 5.62. The Balaban J connectivity index is 2.03. The van der Waals surface area contributed by atoms with Crippen LogP contribution in [0.25, 0.3) is 0 Å². The molecule has 2 N–H and O–H groups in total. The van der Waals surface area contributed by atoms with Crippen LogP contribution in [0.2, 0.25) is 5.02 Å². The molecule has 0 spiro atoms. The second-order valence-corrected chi connectivity index (χ2v) is 6.39. The molecule has 2 rings (SSSR count). The summed E-state index contributed by atoms with van der Waals surface area (Å²) in [5.74, 6) is -4.03. The molecule has 0 aromatic heterocycles. The number of hydrazine groups is 1. The summed E-state index contributed by atoms with van der Waals surface area (Å²) in [6.07, 6.45) is 0.595. The number of carboxylic acid groups (broad SMARTS) is 1. The van der Waals surface area contributed by atoms with Crippen molar-refractivity contribution >= 4 is 29.4 Å². The first kappa shape index (κ1) is 18.0. The van der Waals surface area contributed by atoms with E-state index in [1.165, 1.54) is 6.07 Å². The van der Waals surface area contributed by atoms with Crippen LogP contribution in [0.5, 0.6) is 0 Å². The third-order valence-electron chi connectivity index (χ3n) is 4.29. The third kappa shape index (κ3) is 4.14. The third-order valence-corrected chi connectivity index (χ3v) is 4.53. The second-order valence-electron chi connectivity index (χ2n) is 5.95. The van der Waals surface area contributed by atoms with E-state index in [2.05, 4.69) is 10.9 Å². The summed E-state index contributed by atoms with van der Waals surface area (Å²) in [4.78, 5) is 35.6. The maximum Gasteiger partial charge on any atom is 0.269 e. The van der Waals surface area contributed by atoms with Crippen molar-refractivity contribution in [2.45, 2.75) is 26.7 Å². The van der Waals surface area contributed by atoms with Gasteiger partial charge in [0.2, 0.25) is 5.91 Å². The Morgan fingerprint density at radius 1 is 1.08 bits per heavy atom. The maximum absolute atomic E-state index is 12.3. The van der Waals surface area contributed by atoms with E-state index in [1.807, 2.05) is 13.8 Å². The van der Waals surface area contributed by atoms with Crippen molar-refractivity contribution in [3.8, 4) is 0 Å². The van der Waals surface area contributed by atoms with Gasteiger partial charge in [-0.3, -0.25) is 20.4 Å². The van der Waals surface area contributed by atoms with Crippen molar-refractivity contribution in [1.29, 1.82) is 0 Å². The van der Waals surface area contributed by atoms with Crippen molar-refractivity contribution in [1.82, 2.24) is 10.9 Å². The lowest BCUT2D eigenvalue weighted by Crippen LogP contribution is -2.49. The number of rotatable bonds is 3. The van der Waals surface area contributed by atoms with Gasteiger partial charge in [-0.1, -0.05) is 28.8 Å². The first-order chi connectivity index (χ1) is 11.3. The van der Waals surface area contributed by atoms with Gasteiger partial charge >= 0.3 is 0 Å². The number of hydrogen-bond acceptors (Lipinski definition) is 4. The summed E-state index contributed by atoms with van der Waals surface area (Å²) in [5, 5.41) is 11.7. The van der Waals surface area contributed by atoms with E-state index < -0.39 is 29.6 Å². The lowest BCUT2D eigenvalue weighted by Gasteiger charge is -2.32. The van der Waals surface area contributed by atoms with Crippen molar-refractivity contribution in [3.63, 3.8) is 0 Å². The van der Waals surface area contributed by atoms with Crippen molar-refractivity contribution in [3.05, 3.63) is 46.0 Å². The monoisotopic (exact) mass is 349 g/mol. The number of aliphatic carboxylic acids is 1. The van der Waals surface area contributed by atoms with E-state index in [0.29, 0.717) is 11.4 Å². The summed E-state index contributed by atoms with van der Waals surface area (Å²) >= 11 is 5.81. The van der Waals surface area contributed by atoms with E-state index in [9.17, 15) is 19.5 Å². The minimum Gasteiger partial charge on any atom is -0.550 e. The molecule has 128 valence electrons. The molecule has 0 aliphatic heterocycles. The van der Waals surface area contributed by atoms with Crippen LogP contribution in [0.3, 0.4) is 0 Å². The van der Waals surface area contributed by atoms with Gasteiger partial charge < -0.3 is 9.90 Å². The predicted octanol–water partition coefficient (Wildman–Crippen LogP) is 1.21. The molecule has 0 bridgehead atoms. The smallest absolute Gasteiger partial charge is 0.269 e. The zero-order valence-electron chi connectivity index (χ0n) is 13.4. The van der Waals surface area contributed by atoms with Crippen molar-refractivity contribution in [2.24, 2.45) is 11.8 Å². The van der Waals surface area contributed by atoms with E-state index >= 15 is 0 Å². The van der Waals surface area contributed by atoms with Crippen molar-refractivity contribution < 1.29 is 19.5 Å².